The van der Waals surface area contributed by atoms with Crippen LogP contribution < -0.4 is 5.32 Å². The molecule has 1 heterocycles. The second-order valence-corrected chi connectivity index (χ2v) is 6.58. The average molecular weight is 242 g/mol. The number of ether oxygens (including phenoxy) is 1. The van der Waals surface area contributed by atoms with Crippen molar-refractivity contribution in [3.63, 3.8) is 0 Å². The van der Waals surface area contributed by atoms with Gasteiger partial charge in [-0.05, 0) is 33.1 Å². The Balaban J connectivity index is 2.49. The fourth-order valence-electron chi connectivity index (χ4n) is 2.44. The summed E-state index contributed by atoms with van der Waals surface area (Å²) in [5.74, 6) is 0.681. The van der Waals surface area contributed by atoms with E-state index in [4.69, 9.17) is 4.74 Å². The van der Waals surface area contributed by atoms with Crippen LogP contribution in [-0.4, -0.2) is 49.3 Å². The molecule has 0 amide bonds. The van der Waals surface area contributed by atoms with Crippen LogP contribution in [-0.2, 0) is 4.74 Å². The lowest BCUT2D eigenvalue weighted by Gasteiger charge is -2.34. The minimum absolute atomic E-state index is 0.202. The first-order valence-electron chi connectivity index (χ1n) is 6.85. The molecule has 1 saturated heterocycles. The zero-order chi connectivity index (χ0) is 13.1. The van der Waals surface area contributed by atoms with Gasteiger partial charge in [0.15, 0.2) is 0 Å². The molecule has 0 radical (unpaired) electrons. The van der Waals surface area contributed by atoms with Crippen molar-refractivity contribution < 1.29 is 4.74 Å². The molecule has 2 unspecified atom stereocenters. The summed E-state index contributed by atoms with van der Waals surface area (Å²) in [4.78, 5) is 2.58. The number of hydrogen-bond donors (Lipinski definition) is 1. The Hall–Kier alpha value is -0.120. The van der Waals surface area contributed by atoms with Crippen LogP contribution in [0.5, 0.6) is 0 Å². The minimum atomic E-state index is 0.202. The van der Waals surface area contributed by atoms with Crippen LogP contribution in [0.15, 0.2) is 0 Å². The van der Waals surface area contributed by atoms with Crippen LogP contribution >= 0.6 is 0 Å². The van der Waals surface area contributed by atoms with Gasteiger partial charge in [0.05, 0.1) is 6.10 Å². The van der Waals surface area contributed by atoms with Gasteiger partial charge in [-0.15, -0.1) is 0 Å². The van der Waals surface area contributed by atoms with E-state index in [0.717, 1.165) is 13.1 Å². The molecule has 0 aromatic rings. The van der Waals surface area contributed by atoms with Crippen molar-refractivity contribution in [3.8, 4) is 0 Å². The Morgan fingerprint density at radius 1 is 1.35 bits per heavy atom. The van der Waals surface area contributed by atoms with E-state index in [2.05, 4.69) is 44.8 Å². The van der Waals surface area contributed by atoms with Crippen LogP contribution in [0.2, 0.25) is 0 Å². The lowest BCUT2D eigenvalue weighted by atomic mass is 10.0. The normalized spacial score (nSPS) is 24.5. The average Bonchev–Trinajstić information content (AvgIpc) is 2.64. The van der Waals surface area contributed by atoms with Crippen LogP contribution in [0.4, 0.5) is 0 Å². The highest BCUT2D eigenvalue weighted by atomic mass is 16.5. The summed E-state index contributed by atoms with van der Waals surface area (Å²) in [6.45, 7) is 14.6. The fraction of sp³-hybridized carbons (Fsp3) is 1.00. The van der Waals surface area contributed by atoms with Gasteiger partial charge in [0.1, 0.15) is 0 Å². The van der Waals surface area contributed by atoms with Crippen molar-refractivity contribution in [1.82, 2.24) is 10.2 Å². The SMILES string of the molecule is COC1CCN(C(CNC(C)(C)C)C(C)C)C1. The van der Waals surface area contributed by atoms with E-state index in [1.54, 1.807) is 0 Å². The van der Waals surface area contributed by atoms with Crippen LogP contribution in [0.3, 0.4) is 0 Å². The summed E-state index contributed by atoms with van der Waals surface area (Å²) in [5, 5.41) is 3.63. The lowest BCUT2D eigenvalue weighted by molar-refractivity contribution is 0.0929. The number of nitrogens with one attached hydrogen (secondary N) is 1. The maximum atomic E-state index is 5.45. The Kier molecular flexibility index (Phi) is 5.42. The first-order chi connectivity index (χ1) is 7.83. The standard InChI is InChI=1S/C14H30N2O/c1-11(2)13(9-15-14(3,4)5)16-8-7-12(10-16)17-6/h11-13,15H,7-10H2,1-6H3. The smallest absolute Gasteiger partial charge is 0.0710 e. The summed E-state index contributed by atoms with van der Waals surface area (Å²) < 4.78 is 5.45. The number of nitrogens with zero attached hydrogens (tertiary/aromatic N) is 1. The summed E-state index contributed by atoms with van der Waals surface area (Å²) in [6.07, 6.45) is 1.61. The molecule has 0 aliphatic carbocycles. The Labute approximate surface area is 107 Å². The highest BCUT2D eigenvalue weighted by molar-refractivity contribution is 4.86. The second-order valence-electron chi connectivity index (χ2n) is 6.58. The highest BCUT2D eigenvalue weighted by Gasteiger charge is 2.30. The molecule has 0 aromatic carbocycles. The quantitative estimate of drug-likeness (QED) is 0.799. The predicted molar refractivity (Wildman–Crippen MR) is 73.4 cm³/mol. The molecule has 1 fully saturated rings. The highest BCUT2D eigenvalue weighted by Crippen LogP contribution is 2.19. The topological polar surface area (TPSA) is 24.5 Å². The summed E-state index contributed by atoms with van der Waals surface area (Å²) in [7, 11) is 1.83. The number of methoxy groups -OCH3 is 1. The molecule has 1 rings (SSSR count). The van der Waals surface area contributed by atoms with E-state index in [9.17, 15) is 0 Å². The van der Waals surface area contributed by atoms with Crippen molar-refractivity contribution in [1.29, 1.82) is 0 Å². The van der Waals surface area contributed by atoms with E-state index in [1.165, 1.54) is 13.0 Å². The zero-order valence-electron chi connectivity index (χ0n) is 12.4. The van der Waals surface area contributed by atoms with Gasteiger partial charge in [-0.1, -0.05) is 13.8 Å². The third-order valence-electron chi connectivity index (χ3n) is 3.59. The lowest BCUT2D eigenvalue weighted by Crippen LogP contribution is -2.49. The first kappa shape index (κ1) is 14.9. The summed E-state index contributed by atoms with van der Waals surface area (Å²) >= 11 is 0. The van der Waals surface area contributed by atoms with Crippen molar-refractivity contribution in [2.75, 3.05) is 26.7 Å². The van der Waals surface area contributed by atoms with Gasteiger partial charge >= 0.3 is 0 Å². The van der Waals surface area contributed by atoms with Gasteiger partial charge in [-0.3, -0.25) is 4.90 Å². The molecule has 1 aliphatic heterocycles. The molecule has 0 aromatic heterocycles. The Morgan fingerprint density at radius 3 is 2.41 bits per heavy atom. The zero-order valence-corrected chi connectivity index (χ0v) is 12.4. The molecular formula is C14H30N2O. The van der Waals surface area contributed by atoms with Gasteiger partial charge in [0.2, 0.25) is 0 Å². The number of rotatable bonds is 5. The van der Waals surface area contributed by atoms with E-state index in [1.807, 2.05) is 7.11 Å². The maximum Gasteiger partial charge on any atom is 0.0710 e. The molecule has 1 N–H and O–H groups in total. The molecule has 3 nitrogen and oxygen atoms in total. The second kappa shape index (κ2) is 6.17. The van der Waals surface area contributed by atoms with E-state index < -0.39 is 0 Å². The summed E-state index contributed by atoms with van der Waals surface area (Å²) in [5.41, 5.74) is 0.202. The van der Waals surface area contributed by atoms with Gasteiger partial charge in [0, 0.05) is 38.3 Å². The number of likely N-dealkylation sites (tertiary alicyclic amines) is 1. The molecule has 17 heavy (non-hydrogen) atoms. The molecule has 3 heteroatoms. The van der Waals surface area contributed by atoms with Gasteiger partial charge in [-0.25, -0.2) is 0 Å². The van der Waals surface area contributed by atoms with Crippen molar-refractivity contribution >= 4 is 0 Å². The Bertz CT molecular complexity index is 223. The van der Waals surface area contributed by atoms with E-state index in [-0.39, 0.29) is 5.54 Å². The van der Waals surface area contributed by atoms with Gasteiger partial charge in [0.25, 0.3) is 0 Å². The van der Waals surface area contributed by atoms with Crippen LogP contribution in [0, 0.1) is 5.92 Å². The number of hydrogen-bond acceptors (Lipinski definition) is 3. The third kappa shape index (κ3) is 4.94. The van der Waals surface area contributed by atoms with Gasteiger partial charge < -0.3 is 10.1 Å². The van der Waals surface area contributed by atoms with Crippen LogP contribution in [0.1, 0.15) is 41.0 Å². The molecule has 2 atom stereocenters. The van der Waals surface area contributed by atoms with Crippen molar-refractivity contribution in [2.24, 2.45) is 5.92 Å². The Morgan fingerprint density at radius 2 is 2.00 bits per heavy atom. The van der Waals surface area contributed by atoms with Gasteiger partial charge in [-0.2, -0.15) is 0 Å². The molecule has 1 aliphatic rings. The molecule has 0 saturated carbocycles. The molecule has 0 spiro atoms. The molecule has 102 valence electrons. The molecular weight excluding hydrogens is 212 g/mol. The van der Waals surface area contributed by atoms with Crippen molar-refractivity contribution in [3.05, 3.63) is 0 Å². The van der Waals surface area contributed by atoms with E-state index >= 15 is 0 Å². The first-order valence-corrected chi connectivity index (χ1v) is 6.85. The molecule has 0 bridgehead atoms. The fourth-order valence-corrected chi connectivity index (χ4v) is 2.44. The van der Waals surface area contributed by atoms with Crippen LogP contribution in [0.25, 0.3) is 0 Å². The van der Waals surface area contributed by atoms with Crippen molar-refractivity contribution in [2.45, 2.75) is 58.7 Å². The maximum absolute atomic E-state index is 5.45. The third-order valence-corrected chi connectivity index (χ3v) is 3.59. The summed E-state index contributed by atoms with van der Waals surface area (Å²) in [6, 6.07) is 0.620. The van der Waals surface area contributed by atoms with E-state index in [0.29, 0.717) is 18.1 Å². The minimum Gasteiger partial charge on any atom is -0.380 e. The predicted octanol–water partition coefficient (Wildman–Crippen LogP) is 2.12. The largest absolute Gasteiger partial charge is 0.380 e. The monoisotopic (exact) mass is 242 g/mol.